The molecule has 0 fully saturated rings. The van der Waals surface area contributed by atoms with E-state index in [1.165, 1.54) is 22.8 Å². The summed E-state index contributed by atoms with van der Waals surface area (Å²) < 4.78 is 0. The van der Waals surface area contributed by atoms with Gasteiger partial charge in [-0.25, -0.2) is 0 Å². The van der Waals surface area contributed by atoms with Crippen LogP contribution in [0.2, 0.25) is 0 Å². The van der Waals surface area contributed by atoms with E-state index in [0.717, 1.165) is 12.1 Å². The van der Waals surface area contributed by atoms with Crippen LogP contribution in [0.5, 0.6) is 0 Å². The number of rotatable bonds is 5. The predicted octanol–water partition coefficient (Wildman–Crippen LogP) is 3.50. The highest BCUT2D eigenvalue weighted by Gasteiger charge is 2.05. The van der Waals surface area contributed by atoms with E-state index in [9.17, 15) is 10.1 Å². The monoisotopic (exact) mass is 270 g/mol. The van der Waals surface area contributed by atoms with E-state index >= 15 is 0 Å². The van der Waals surface area contributed by atoms with Crippen LogP contribution < -0.4 is 5.32 Å². The summed E-state index contributed by atoms with van der Waals surface area (Å²) in [6.45, 7) is 5.56. The summed E-state index contributed by atoms with van der Waals surface area (Å²) in [5.74, 6) is 0. The second-order valence-electron chi connectivity index (χ2n) is 4.95. The molecule has 2 rings (SSSR count). The normalized spacial score (nSPS) is 10.5. The summed E-state index contributed by atoms with van der Waals surface area (Å²) in [5, 5.41) is 14.0. The second kappa shape index (κ2) is 6.30. The molecule has 0 unspecified atom stereocenters. The first-order valence-corrected chi connectivity index (χ1v) is 6.56. The van der Waals surface area contributed by atoms with Gasteiger partial charge in [-0.3, -0.25) is 10.1 Å². The molecule has 0 atom stereocenters. The third-order valence-corrected chi connectivity index (χ3v) is 3.35. The maximum Gasteiger partial charge on any atom is 0.269 e. The molecule has 1 N–H and O–H groups in total. The van der Waals surface area contributed by atoms with Crippen LogP contribution in [0, 0.1) is 24.0 Å². The van der Waals surface area contributed by atoms with Gasteiger partial charge in [-0.1, -0.05) is 30.3 Å². The van der Waals surface area contributed by atoms with E-state index in [-0.39, 0.29) is 10.6 Å². The Morgan fingerprint density at radius 2 is 1.70 bits per heavy atom. The van der Waals surface area contributed by atoms with E-state index in [1.807, 2.05) is 6.07 Å². The van der Waals surface area contributed by atoms with E-state index < -0.39 is 0 Å². The fraction of sp³-hybridized carbons (Fsp3) is 0.250. The minimum atomic E-state index is -0.368. The lowest BCUT2D eigenvalue weighted by molar-refractivity contribution is -0.384. The summed E-state index contributed by atoms with van der Waals surface area (Å²) in [6.07, 6.45) is 0. The summed E-state index contributed by atoms with van der Waals surface area (Å²) in [7, 11) is 0. The topological polar surface area (TPSA) is 55.2 Å². The van der Waals surface area contributed by atoms with Crippen LogP contribution in [-0.2, 0) is 13.1 Å². The Labute approximate surface area is 118 Å². The zero-order valence-electron chi connectivity index (χ0n) is 11.7. The van der Waals surface area contributed by atoms with Crippen molar-refractivity contribution < 1.29 is 4.92 Å². The van der Waals surface area contributed by atoms with Gasteiger partial charge in [-0.05, 0) is 36.1 Å². The largest absolute Gasteiger partial charge is 0.309 e. The first kappa shape index (κ1) is 14.2. The van der Waals surface area contributed by atoms with Gasteiger partial charge in [0.2, 0.25) is 0 Å². The molecule has 104 valence electrons. The van der Waals surface area contributed by atoms with Crippen molar-refractivity contribution >= 4 is 5.69 Å². The quantitative estimate of drug-likeness (QED) is 0.668. The number of non-ortho nitro benzene ring substituents is 1. The van der Waals surface area contributed by atoms with Crippen molar-refractivity contribution in [2.45, 2.75) is 26.9 Å². The first-order chi connectivity index (χ1) is 9.56. The van der Waals surface area contributed by atoms with Gasteiger partial charge in [0.25, 0.3) is 5.69 Å². The van der Waals surface area contributed by atoms with E-state index in [4.69, 9.17) is 0 Å². The zero-order valence-corrected chi connectivity index (χ0v) is 11.7. The van der Waals surface area contributed by atoms with E-state index in [0.29, 0.717) is 6.54 Å². The lowest BCUT2D eigenvalue weighted by Gasteiger charge is -2.07. The van der Waals surface area contributed by atoms with Gasteiger partial charge in [-0.2, -0.15) is 0 Å². The van der Waals surface area contributed by atoms with Gasteiger partial charge in [0.1, 0.15) is 0 Å². The number of nitrogens with one attached hydrogen (secondary N) is 1. The molecule has 0 radical (unpaired) electrons. The minimum Gasteiger partial charge on any atom is -0.309 e. The molecule has 2 aromatic rings. The third kappa shape index (κ3) is 3.65. The van der Waals surface area contributed by atoms with Crippen molar-refractivity contribution in [2.24, 2.45) is 0 Å². The number of hydrogen-bond acceptors (Lipinski definition) is 3. The van der Waals surface area contributed by atoms with Crippen LogP contribution in [-0.4, -0.2) is 4.92 Å². The fourth-order valence-electron chi connectivity index (χ4n) is 2.04. The lowest BCUT2D eigenvalue weighted by atomic mass is 10.1. The summed E-state index contributed by atoms with van der Waals surface area (Å²) in [4.78, 5) is 10.3. The molecule has 0 heterocycles. The molecule has 0 aliphatic heterocycles. The molecule has 0 bridgehead atoms. The molecule has 2 aromatic carbocycles. The van der Waals surface area contributed by atoms with E-state index in [1.54, 1.807) is 12.1 Å². The summed E-state index contributed by atoms with van der Waals surface area (Å²) in [6, 6.07) is 13.1. The van der Waals surface area contributed by atoms with Gasteiger partial charge in [0.15, 0.2) is 0 Å². The molecular formula is C16H18N2O2. The smallest absolute Gasteiger partial charge is 0.269 e. The minimum absolute atomic E-state index is 0.135. The first-order valence-electron chi connectivity index (χ1n) is 6.56. The summed E-state index contributed by atoms with van der Waals surface area (Å²) >= 11 is 0. The maximum absolute atomic E-state index is 10.7. The van der Waals surface area contributed by atoms with Crippen molar-refractivity contribution in [2.75, 3.05) is 0 Å². The molecule has 4 heteroatoms. The van der Waals surface area contributed by atoms with Crippen LogP contribution in [0.4, 0.5) is 5.69 Å². The van der Waals surface area contributed by atoms with E-state index in [2.05, 4.69) is 37.4 Å². The Morgan fingerprint density at radius 1 is 1.00 bits per heavy atom. The van der Waals surface area contributed by atoms with Crippen LogP contribution in [0.1, 0.15) is 22.3 Å². The van der Waals surface area contributed by atoms with Gasteiger partial charge in [0.05, 0.1) is 4.92 Å². The van der Waals surface area contributed by atoms with Crippen LogP contribution >= 0.6 is 0 Å². The van der Waals surface area contributed by atoms with Crippen molar-refractivity contribution in [3.8, 4) is 0 Å². The molecule has 0 aliphatic rings. The lowest BCUT2D eigenvalue weighted by Crippen LogP contribution is -2.12. The molecule has 0 aliphatic carbocycles. The standard InChI is InChI=1S/C16H18N2O2/c1-12-6-7-15(8-13(12)2)11-17-10-14-4-3-5-16(9-14)18(19)20/h3-9,17H,10-11H2,1-2H3. The molecule has 0 aromatic heterocycles. The average molecular weight is 270 g/mol. The van der Waals surface area contributed by atoms with Crippen molar-refractivity contribution in [1.29, 1.82) is 0 Å². The third-order valence-electron chi connectivity index (χ3n) is 3.35. The Kier molecular flexibility index (Phi) is 4.48. The highest BCUT2D eigenvalue weighted by Crippen LogP contribution is 2.13. The Balaban J connectivity index is 1.94. The predicted molar refractivity (Wildman–Crippen MR) is 79.6 cm³/mol. The zero-order chi connectivity index (χ0) is 14.5. The number of benzene rings is 2. The maximum atomic E-state index is 10.7. The van der Waals surface area contributed by atoms with Crippen LogP contribution in [0.3, 0.4) is 0 Å². The van der Waals surface area contributed by atoms with Gasteiger partial charge < -0.3 is 5.32 Å². The molecule has 20 heavy (non-hydrogen) atoms. The van der Waals surface area contributed by atoms with Gasteiger partial charge in [-0.15, -0.1) is 0 Å². The molecule has 0 spiro atoms. The van der Waals surface area contributed by atoms with Gasteiger partial charge in [0, 0.05) is 25.2 Å². The second-order valence-corrected chi connectivity index (χ2v) is 4.95. The molecule has 0 saturated heterocycles. The van der Waals surface area contributed by atoms with Gasteiger partial charge >= 0.3 is 0 Å². The Bertz CT molecular complexity index is 624. The van der Waals surface area contributed by atoms with Crippen molar-refractivity contribution in [1.82, 2.24) is 5.32 Å². The van der Waals surface area contributed by atoms with Crippen molar-refractivity contribution in [3.63, 3.8) is 0 Å². The SMILES string of the molecule is Cc1ccc(CNCc2cccc([N+](=O)[O-])c2)cc1C. The molecule has 4 nitrogen and oxygen atoms in total. The number of hydrogen-bond donors (Lipinski definition) is 1. The molecule has 0 saturated carbocycles. The molecular weight excluding hydrogens is 252 g/mol. The summed E-state index contributed by atoms with van der Waals surface area (Å²) in [5.41, 5.74) is 4.84. The Morgan fingerprint density at radius 3 is 2.35 bits per heavy atom. The fourth-order valence-corrected chi connectivity index (χ4v) is 2.04. The number of nitrogens with zero attached hydrogens (tertiary/aromatic N) is 1. The average Bonchev–Trinajstić information content (AvgIpc) is 2.43. The number of nitro groups is 1. The van der Waals surface area contributed by atoms with Crippen LogP contribution in [0.25, 0.3) is 0 Å². The highest BCUT2D eigenvalue weighted by molar-refractivity contribution is 5.34. The Hall–Kier alpha value is -2.20. The molecule has 0 amide bonds. The number of nitro benzene ring substituents is 1. The van der Waals surface area contributed by atoms with Crippen molar-refractivity contribution in [3.05, 3.63) is 74.8 Å². The number of aryl methyl sites for hydroxylation is 2. The highest BCUT2D eigenvalue weighted by atomic mass is 16.6. The van der Waals surface area contributed by atoms with Crippen LogP contribution in [0.15, 0.2) is 42.5 Å².